The van der Waals surface area contributed by atoms with E-state index in [1.54, 1.807) is 41.3 Å². The van der Waals surface area contributed by atoms with E-state index in [9.17, 15) is 0 Å². The maximum absolute atomic E-state index is 8.79. The maximum atomic E-state index is 8.79. The smallest absolute Gasteiger partial charge is 0.0992 e. The fourth-order valence-electron chi connectivity index (χ4n) is 1.29. The van der Waals surface area contributed by atoms with E-state index in [0.717, 1.165) is 5.69 Å². The molecule has 0 aliphatic rings. The number of benzene rings is 1. The average molecular weight is 194 g/mol. The topological polar surface area (TPSA) is 65.4 Å². The van der Waals surface area contributed by atoms with Gasteiger partial charge in [-0.1, -0.05) is 0 Å². The minimum absolute atomic E-state index is 0.458. The first-order valence-electron chi connectivity index (χ1n) is 4.29. The van der Waals surface area contributed by atoms with Crippen molar-refractivity contribution in [2.24, 2.45) is 0 Å². The number of hydrogen-bond acceptors (Lipinski definition) is 3. The molecule has 0 N–H and O–H groups in total. The third-order valence-corrected chi connectivity index (χ3v) is 1.94. The highest BCUT2D eigenvalue weighted by molar-refractivity contribution is 5.48. The van der Waals surface area contributed by atoms with Crippen LogP contribution in [-0.4, -0.2) is 9.78 Å². The zero-order valence-electron chi connectivity index (χ0n) is 7.75. The molecule has 0 saturated carbocycles. The lowest BCUT2D eigenvalue weighted by molar-refractivity contribution is 0.879. The summed E-state index contributed by atoms with van der Waals surface area (Å²) in [5.74, 6) is 0. The lowest BCUT2D eigenvalue weighted by Gasteiger charge is -2.01. The summed E-state index contributed by atoms with van der Waals surface area (Å²) in [5, 5.41) is 21.6. The summed E-state index contributed by atoms with van der Waals surface area (Å²) in [7, 11) is 0. The molecule has 0 radical (unpaired) electrons. The van der Waals surface area contributed by atoms with Gasteiger partial charge in [-0.25, -0.2) is 4.68 Å². The molecule has 0 spiro atoms. The van der Waals surface area contributed by atoms with Crippen molar-refractivity contribution >= 4 is 0 Å². The number of nitrogens with zero attached hydrogens (tertiary/aromatic N) is 4. The van der Waals surface area contributed by atoms with Gasteiger partial charge in [-0.3, -0.25) is 0 Å². The molecule has 1 aromatic heterocycles. The van der Waals surface area contributed by atoms with Crippen molar-refractivity contribution in [2.45, 2.75) is 0 Å². The van der Waals surface area contributed by atoms with Gasteiger partial charge in [0, 0.05) is 12.4 Å². The summed E-state index contributed by atoms with van der Waals surface area (Å²) >= 11 is 0. The Labute approximate surface area is 86.6 Å². The molecule has 0 amide bonds. The largest absolute Gasteiger partial charge is 0.241 e. The molecule has 2 aromatic rings. The monoisotopic (exact) mass is 194 g/mol. The van der Waals surface area contributed by atoms with Gasteiger partial charge in [-0.15, -0.1) is 0 Å². The Hall–Kier alpha value is -2.59. The van der Waals surface area contributed by atoms with Crippen LogP contribution in [0.4, 0.5) is 0 Å². The van der Waals surface area contributed by atoms with Crippen LogP contribution in [0, 0.1) is 22.7 Å². The quantitative estimate of drug-likeness (QED) is 0.692. The molecule has 4 heteroatoms. The second kappa shape index (κ2) is 3.65. The molecule has 1 heterocycles. The molecule has 0 unspecified atom stereocenters. The summed E-state index contributed by atoms with van der Waals surface area (Å²) in [6.45, 7) is 0. The third-order valence-electron chi connectivity index (χ3n) is 1.94. The summed E-state index contributed by atoms with van der Waals surface area (Å²) < 4.78 is 1.61. The third kappa shape index (κ3) is 1.70. The number of rotatable bonds is 1. The summed E-state index contributed by atoms with van der Waals surface area (Å²) in [5.41, 5.74) is 1.63. The first-order chi connectivity index (χ1) is 7.33. The molecule has 15 heavy (non-hydrogen) atoms. The van der Waals surface area contributed by atoms with Crippen LogP contribution in [-0.2, 0) is 0 Å². The van der Waals surface area contributed by atoms with E-state index in [1.807, 2.05) is 12.1 Å². The van der Waals surface area contributed by atoms with Gasteiger partial charge in [0.15, 0.2) is 0 Å². The molecule has 0 saturated heterocycles. The lowest BCUT2D eigenvalue weighted by Crippen LogP contribution is -1.95. The van der Waals surface area contributed by atoms with E-state index < -0.39 is 0 Å². The molecule has 0 aliphatic heterocycles. The van der Waals surface area contributed by atoms with Gasteiger partial charge >= 0.3 is 0 Å². The van der Waals surface area contributed by atoms with E-state index in [1.165, 1.54) is 0 Å². The second-order valence-corrected chi connectivity index (χ2v) is 2.94. The van der Waals surface area contributed by atoms with Gasteiger partial charge in [0.2, 0.25) is 0 Å². The molecule has 2 rings (SSSR count). The van der Waals surface area contributed by atoms with Crippen LogP contribution < -0.4 is 0 Å². The minimum Gasteiger partial charge on any atom is -0.241 e. The Morgan fingerprint density at radius 1 is 1.07 bits per heavy atom. The fraction of sp³-hybridized carbons (Fsp3) is 0. The first-order valence-corrected chi connectivity index (χ1v) is 4.29. The Bertz CT molecular complexity index is 523. The summed E-state index contributed by atoms with van der Waals surface area (Å²) in [4.78, 5) is 0. The van der Waals surface area contributed by atoms with Gasteiger partial charge in [0.25, 0.3) is 0 Å². The predicted molar refractivity (Wildman–Crippen MR) is 53.0 cm³/mol. The van der Waals surface area contributed by atoms with E-state index in [4.69, 9.17) is 10.5 Å². The normalized spacial score (nSPS) is 9.20. The number of hydrogen-bond donors (Lipinski definition) is 0. The molecular formula is C11H6N4. The van der Waals surface area contributed by atoms with E-state index in [2.05, 4.69) is 5.10 Å². The van der Waals surface area contributed by atoms with E-state index >= 15 is 0 Å². The molecule has 70 valence electrons. The van der Waals surface area contributed by atoms with Gasteiger partial charge in [0.1, 0.15) is 0 Å². The Morgan fingerprint density at radius 2 is 1.73 bits per heavy atom. The highest BCUT2D eigenvalue weighted by Gasteiger charge is 2.02. The van der Waals surface area contributed by atoms with Crippen molar-refractivity contribution in [3.8, 4) is 17.8 Å². The SMILES string of the molecule is N#Cc1cc(C#N)cc(-n2cccn2)c1. The molecule has 0 bridgehead atoms. The predicted octanol–water partition coefficient (Wildman–Crippen LogP) is 1.62. The molecular weight excluding hydrogens is 188 g/mol. The Morgan fingerprint density at radius 3 is 2.20 bits per heavy atom. The van der Waals surface area contributed by atoms with Crippen LogP contribution in [0.15, 0.2) is 36.7 Å². The number of aromatic nitrogens is 2. The van der Waals surface area contributed by atoms with Gasteiger partial charge in [-0.05, 0) is 24.3 Å². The lowest BCUT2D eigenvalue weighted by atomic mass is 10.1. The van der Waals surface area contributed by atoms with Crippen LogP contribution in [0.2, 0.25) is 0 Å². The van der Waals surface area contributed by atoms with Gasteiger partial charge in [-0.2, -0.15) is 15.6 Å². The Kier molecular flexibility index (Phi) is 2.19. The van der Waals surface area contributed by atoms with Crippen LogP contribution in [0.5, 0.6) is 0 Å². The van der Waals surface area contributed by atoms with Crippen molar-refractivity contribution in [3.05, 3.63) is 47.8 Å². The number of nitriles is 2. The van der Waals surface area contributed by atoms with Crippen LogP contribution >= 0.6 is 0 Å². The molecule has 0 fully saturated rings. The average Bonchev–Trinajstić information content (AvgIpc) is 2.81. The minimum atomic E-state index is 0.458. The maximum Gasteiger partial charge on any atom is 0.0992 e. The second-order valence-electron chi connectivity index (χ2n) is 2.94. The van der Waals surface area contributed by atoms with Crippen LogP contribution in [0.25, 0.3) is 5.69 Å². The van der Waals surface area contributed by atoms with Crippen molar-refractivity contribution in [1.29, 1.82) is 10.5 Å². The van der Waals surface area contributed by atoms with E-state index in [0.29, 0.717) is 11.1 Å². The van der Waals surface area contributed by atoms with Crippen molar-refractivity contribution in [1.82, 2.24) is 9.78 Å². The fourth-order valence-corrected chi connectivity index (χ4v) is 1.29. The zero-order chi connectivity index (χ0) is 10.7. The van der Waals surface area contributed by atoms with Crippen LogP contribution in [0.3, 0.4) is 0 Å². The first kappa shape index (κ1) is 8.98. The molecule has 0 atom stereocenters. The standard InChI is InChI=1S/C11H6N4/c12-7-9-4-10(8-13)6-11(5-9)15-3-1-2-14-15/h1-6H. The van der Waals surface area contributed by atoms with Crippen molar-refractivity contribution in [2.75, 3.05) is 0 Å². The zero-order valence-corrected chi connectivity index (χ0v) is 7.75. The molecule has 4 nitrogen and oxygen atoms in total. The molecule has 1 aromatic carbocycles. The van der Waals surface area contributed by atoms with Crippen molar-refractivity contribution < 1.29 is 0 Å². The van der Waals surface area contributed by atoms with Crippen LogP contribution in [0.1, 0.15) is 11.1 Å². The highest BCUT2D eigenvalue weighted by Crippen LogP contribution is 2.12. The summed E-state index contributed by atoms with van der Waals surface area (Å²) in [6, 6.07) is 10.7. The van der Waals surface area contributed by atoms with Crippen molar-refractivity contribution in [3.63, 3.8) is 0 Å². The van der Waals surface area contributed by atoms with Gasteiger partial charge in [0.05, 0.1) is 29.0 Å². The highest BCUT2D eigenvalue weighted by atomic mass is 15.3. The summed E-state index contributed by atoms with van der Waals surface area (Å²) in [6.07, 6.45) is 3.41. The Balaban J connectivity index is 2.59. The molecule has 0 aliphatic carbocycles. The van der Waals surface area contributed by atoms with E-state index in [-0.39, 0.29) is 0 Å². The van der Waals surface area contributed by atoms with Gasteiger partial charge < -0.3 is 0 Å².